The number of carbonyl (C=O) groups excluding carboxylic acids is 1. The van der Waals surface area contributed by atoms with E-state index >= 15 is 4.39 Å². The standard InChI is InChI=1S/C34H40FN7O4/c1-20(2)12-24-17-42(18-30(24)43)33(44)39-28-14-25(35)13-26(21(28)3)31-27-15-29(38-32(27)37-19-36-31)23-6-4-22(5-7-23)16-40-8-10-41(11-9-40)34(45)46/h4-7,13-15,19-20,24,30,43H,8-12,16-18H2,1-3H3,(H,39,44)(H,45,46)(H,36,37,38). The second kappa shape index (κ2) is 13.1. The third kappa shape index (κ3) is 6.68. The Balaban J connectivity index is 1.20. The van der Waals surface area contributed by atoms with Gasteiger partial charge in [-0.2, -0.15) is 0 Å². The smallest absolute Gasteiger partial charge is 0.407 e. The number of aromatic nitrogens is 3. The molecule has 0 radical (unpaired) electrons. The van der Waals surface area contributed by atoms with Gasteiger partial charge in [-0.05, 0) is 54.2 Å². The van der Waals surface area contributed by atoms with Gasteiger partial charge in [0.25, 0.3) is 0 Å². The highest BCUT2D eigenvalue weighted by atomic mass is 19.1. The molecule has 11 nitrogen and oxygen atoms in total. The number of halogens is 1. The van der Waals surface area contributed by atoms with Gasteiger partial charge in [0.05, 0.1) is 11.8 Å². The number of hydrogen-bond donors (Lipinski definition) is 4. The average Bonchev–Trinajstić information content (AvgIpc) is 3.62. The number of rotatable bonds is 7. The zero-order valence-corrected chi connectivity index (χ0v) is 26.3. The zero-order chi connectivity index (χ0) is 32.5. The van der Waals surface area contributed by atoms with Crippen molar-refractivity contribution < 1.29 is 24.2 Å². The van der Waals surface area contributed by atoms with Crippen molar-refractivity contribution in [1.82, 2.24) is 29.7 Å². The van der Waals surface area contributed by atoms with Gasteiger partial charge in [-0.25, -0.2) is 23.9 Å². The van der Waals surface area contributed by atoms with Crippen LogP contribution in [0.4, 0.5) is 19.7 Å². The molecule has 4 N–H and O–H groups in total. The van der Waals surface area contributed by atoms with E-state index in [0.29, 0.717) is 66.8 Å². The van der Waals surface area contributed by atoms with E-state index in [9.17, 15) is 19.8 Å². The van der Waals surface area contributed by atoms with Crippen LogP contribution in [-0.4, -0.2) is 97.4 Å². The lowest BCUT2D eigenvalue weighted by molar-refractivity contribution is 0.103. The molecule has 12 heteroatoms. The van der Waals surface area contributed by atoms with E-state index in [4.69, 9.17) is 0 Å². The number of piperazine rings is 1. The molecule has 2 unspecified atom stereocenters. The first kappa shape index (κ1) is 31.4. The molecule has 46 heavy (non-hydrogen) atoms. The quantitative estimate of drug-likeness (QED) is 0.215. The topological polar surface area (TPSA) is 138 Å². The number of nitrogens with zero attached hydrogens (tertiary/aromatic N) is 5. The highest BCUT2D eigenvalue weighted by molar-refractivity contribution is 5.97. The van der Waals surface area contributed by atoms with Crippen molar-refractivity contribution in [2.24, 2.45) is 11.8 Å². The Kier molecular flexibility index (Phi) is 8.92. The molecule has 3 amide bonds. The van der Waals surface area contributed by atoms with Crippen LogP contribution < -0.4 is 5.32 Å². The number of aromatic amines is 1. The van der Waals surface area contributed by atoms with Crippen LogP contribution in [0, 0.1) is 24.6 Å². The second-order valence-corrected chi connectivity index (χ2v) is 12.8. The van der Waals surface area contributed by atoms with Crippen molar-refractivity contribution in [3.63, 3.8) is 0 Å². The molecule has 2 saturated heterocycles. The van der Waals surface area contributed by atoms with Crippen LogP contribution in [0.5, 0.6) is 0 Å². The van der Waals surface area contributed by atoms with E-state index in [1.54, 1.807) is 4.90 Å². The Hall–Kier alpha value is -4.55. The predicted molar refractivity (Wildman–Crippen MR) is 174 cm³/mol. The number of urea groups is 1. The first-order chi connectivity index (χ1) is 22.0. The number of amides is 3. The van der Waals surface area contributed by atoms with Gasteiger partial charge >= 0.3 is 12.1 Å². The molecule has 6 rings (SSSR count). The Morgan fingerprint density at radius 1 is 1.04 bits per heavy atom. The van der Waals surface area contributed by atoms with E-state index < -0.39 is 18.0 Å². The van der Waals surface area contributed by atoms with Crippen LogP contribution in [0.2, 0.25) is 0 Å². The third-order valence-corrected chi connectivity index (χ3v) is 9.08. The van der Waals surface area contributed by atoms with Crippen molar-refractivity contribution >= 4 is 28.8 Å². The van der Waals surface area contributed by atoms with Gasteiger partial charge in [0.2, 0.25) is 0 Å². The molecule has 0 aliphatic carbocycles. The van der Waals surface area contributed by atoms with E-state index in [1.807, 2.05) is 25.1 Å². The van der Waals surface area contributed by atoms with Crippen molar-refractivity contribution in [2.45, 2.75) is 39.8 Å². The number of aliphatic hydroxyl groups excluding tert-OH is 1. The normalized spacial score (nSPS) is 18.9. The minimum absolute atomic E-state index is 0.0183. The fourth-order valence-corrected chi connectivity index (χ4v) is 6.56. The van der Waals surface area contributed by atoms with E-state index in [-0.39, 0.29) is 18.5 Å². The van der Waals surface area contributed by atoms with Crippen LogP contribution in [0.3, 0.4) is 0 Å². The van der Waals surface area contributed by atoms with Crippen molar-refractivity contribution in [1.29, 1.82) is 0 Å². The first-order valence-electron chi connectivity index (χ1n) is 15.7. The average molecular weight is 630 g/mol. The maximum Gasteiger partial charge on any atom is 0.407 e. The summed E-state index contributed by atoms with van der Waals surface area (Å²) in [6, 6.07) is 12.5. The van der Waals surface area contributed by atoms with Crippen molar-refractivity contribution in [2.75, 3.05) is 44.6 Å². The van der Waals surface area contributed by atoms with Gasteiger partial charge in [0.15, 0.2) is 0 Å². The van der Waals surface area contributed by atoms with Crippen LogP contribution >= 0.6 is 0 Å². The first-order valence-corrected chi connectivity index (χ1v) is 15.7. The zero-order valence-electron chi connectivity index (χ0n) is 26.3. The van der Waals surface area contributed by atoms with Crippen molar-refractivity contribution in [3.8, 4) is 22.5 Å². The van der Waals surface area contributed by atoms with Gasteiger partial charge in [0.1, 0.15) is 17.8 Å². The molecular formula is C34H40FN7O4. The second-order valence-electron chi connectivity index (χ2n) is 12.8. The number of likely N-dealkylation sites (tertiary alicyclic amines) is 1. The number of hydrogen-bond acceptors (Lipinski definition) is 6. The SMILES string of the molecule is Cc1c(NC(=O)N2CC(O)C(CC(C)C)C2)cc(F)cc1-c1ncnc2[nH]c(-c3ccc(CN4CCN(C(=O)O)CC4)cc3)cc12. The maximum atomic E-state index is 15.0. The van der Waals surface area contributed by atoms with Crippen LogP contribution in [0.1, 0.15) is 31.4 Å². The minimum atomic E-state index is -0.871. The molecule has 4 aromatic rings. The minimum Gasteiger partial charge on any atom is -0.465 e. The molecule has 242 valence electrons. The molecule has 2 atom stereocenters. The fourth-order valence-electron chi connectivity index (χ4n) is 6.56. The number of benzene rings is 2. The molecule has 2 fully saturated rings. The summed E-state index contributed by atoms with van der Waals surface area (Å²) in [6.45, 7) is 9.86. The van der Waals surface area contributed by atoms with Gasteiger partial charge in [0, 0.05) is 74.1 Å². The monoisotopic (exact) mass is 629 g/mol. The predicted octanol–water partition coefficient (Wildman–Crippen LogP) is 5.41. The summed E-state index contributed by atoms with van der Waals surface area (Å²) in [6.07, 6.45) is 0.819. The molecule has 2 aliphatic heterocycles. The third-order valence-electron chi connectivity index (χ3n) is 9.08. The number of carboxylic acid groups (broad SMARTS) is 1. The number of fused-ring (bicyclic) bond motifs is 1. The Morgan fingerprint density at radius 2 is 1.78 bits per heavy atom. The largest absolute Gasteiger partial charge is 0.465 e. The molecule has 2 aromatic carbocycles. The number of β-amino-alcohol motifs (C(OH)–C–C–N with tert-alkyl or cyclic N) is 1. The van der Waals surface area contributed by atoms with Gasteiger partial charge in [-0.15, -0.1) is 0 Å². The molecule has 2 aliphatic rings. The lowest BCUT2D eigenvalue weighted by Gasteiger charge is -2.33. The van der Waals surface area contributed by atoms with Crippen LogP contribution in [0.15, 0.2) is 48.8 Å². The fraction of sp³-hybridized carbons (Fsp3) is 0.412. The van der Waals surface area contributed by atoms with Crippen molar-refractivity contribution in [3.05, 3.63) is 65.7 Å². The number of nitrogens with one attached hydrogen (secondary N) is 2. The summed E-state index contributed by atoms with van der Waals surface area (Å²) >= 11 is 0. The van der Waals surface area contributed by atoms with Gasteiger partial charge in [-0.3, -0.25) is 4.90 Å². The molecule has 0 saturated carbocycles. The summed E-state index contributed by atoms with van der Waals surface area (Å²) in [7, 11) is 0. The molecule has 0 bridgehead atoms. The maximum absolute atomic E-state index is 15.0. The highest BCUT2D eigenvalue weighted by Gasteiger charge is 2.34. The van der Waals surface area contributed by atoms with Crippen LogP contribution in [-0.2, 0) is 6.54 Å². The summed E-state index contributed by atoms with van der Waals surface area (Å²) in [5, 5.41) is 23.3. The number of carbonyl (C=O) groups is 2. The van der Waals surface area contributed by atoms with E-state index in [1.165, 1.54) is 23.4 Å². The lowest BCUT2D eigenvalue weighted by atomic mass is 9.95. The molecular weight excluding hydrogens is 589 g/mol. The number of H-pyrrole nitrogens is 1. The highest BCUT2D eigenvalue weighted by Crippen LogP contribution is 2.35. The molecule has 4 heterocycles. The molecule has 0 spiro atoms. The summed E-state index contributed by atoms with van der Waals surface area (Å²) < 4.78 is 15.0. The van der Waals surface area contributed by atoms with Gasteiger partial charge in [-0.1, -0.05) is 38.1 Å². The Bertz CT molecular complexity index is 1730. The van der Waals surface area contributed by atoms with E-state index in [2.05, 4.69) is 51.1 Å². The van der Waals surface area contributed by atoms with Crippen LogP contribution in [0.25, 0.3) is 33.5 Å². The number of anilines is 1. The Morgan fingerprint density at radius 3 is 2.48 bits per heavy atom. The molecule has 2 aromatic heterocycles. The number of aliphatic hydroxyl groups is 1. The summed E-state index contributed by atoms with van der Waals surface area (Å²) in [4.78, 5) is 42.0. The van der Waals surface area contributed by atoms with E-state index in [0.717, 1.165) is 35.2 Å². The van der Waals surface area contributed by atoms with Gasteiger partial charge < -0.3 is 30.3 Å². The summed E-state index contributed by atoms with van der Waals surface area (Å²) in [5.74, 6) is -0.0732. The lowest BCUT2D eigenvalue weighted by Crippen LogP contribution is -2.47. The summed E-state index contributed by atoms with van der Waals surface area (Å²) in [5.41, 5.74) is 5.65. The Labute approximate surface area is 267 Å².